The lowest BCUT2D eigenvalue weighted by molar-refractivity contribution is 0.0882. The molecule has 0 aliphatic heterocycles. The van der Waals surface area contributed by atoms with Crippen molar-refractivity contribution in [3.8, 4) is 0 Å². The smallest absolute Gasteiger partial charge is 0.251 e. The van der Waals surface area contributed by atoms with E-state index in [1.807, 2.05) is 6.92 Å². The number of amides is 1. The van der Waals surface area contributed by atoms with E-state index in [0.717, 1.165) is 25.7 Å². The van der Waals surface area contributed by atoms with Crippen LogP contribution in [0.3, 0.4) is 0 Å². The maximum absolute atomic E-state index is 12.3. The standard InChI is InChI=1S/C14H20N2O3S/c1-14(8-3-2-4-9-14)16-13(17)11-6-5-7-12(10-11)20(15,18)19/h5-7,10H,2-4,8-9H2,1H3,(H,16,17)(H2,15,18,19). The minimum Gasteiger partial charge on any atom is -0.347 e. The van der Waals surface area contributed by atoms with Crippen molar-refractivity contribution in [2.24, 2.45) is 5.14 Å². The number of carbonyl (C=O) groups is 1. The topological polar surface area (TPSA) is 89.3 Å². The van der Waals surface area contributed by atoms with Crippen molar-refractivity contribution in [2.45, 2.75) is 49.5 Å². The van der Waals surface area contributed by atoms with E-state index in [1.54, 1.807) is 6.07 Å². The van der Waals surface area contributed by atoms with Crippen LogP contribution in [0, 0.1) is 0 Å². The first kappa shape index (κ1) is 15.0. The predicted octanol–water partition coefficient (Wildman–Crippen LogP) is 1.79. The van der Waals surface area contributed by atoms with Gasteiger partial charge in [-0.05, 0) is 38.0 Å². The monoisotopic (exact) mass is 296 g/mol. The summed E-state index contributed by atoms with van der Waals surface area (Å²) in [4.78, 5) is 12.2. The zero-order chi connectivity index (χ0) is 14.8. The summed E-state index contributed by atoms with van der Waals surface area (Å²) in [5.41, 5.74) is 0.121. The van der Waals surface area contributed by atoms with Gasteiger partial charge in [-0.15, -0.1) is 0 Å². The molecule has 1 saturated carbocycles. The quantitative estimate of drug-likeness (QED) is 0.891. The van der Waals surface area contributed by atoms with Gasteiger partial charge in [-0.25, -0.2) is 13.6 Å². The largest absolute Gasteiger partial charge is 0.347 e. The van der Waals surface area contributed by atoms with Crippen molar-refractivity contribution >= 4 is 15.9 Å². The number of hydrogen-bond donors (Lipinski definition) is 2. The predicted molar refractivity (Wildman–Crippen MR) is 76.8 cm³/mol. The van der Waals surface area contributed by atoms with Crippen molar-refractivity contribution in [3.63, 3.8) is 0 Å². The van der Waals surface area contributed by atoms with Crippen molar-refractivity contribution in [2.75, 3.05) is 0 Å². The summed E-state index contributed by atoms with van der Waals surface area (Å²) in [5, 5.41) is 8.09. The molecule has 0 heterocycles. The van der Waals surface area contributed by atoms with Gasteiger partial charge in [-0.1, -0.05) is 25.3 Å². The first-order valence-electron chi connectivity index (χ1n) is 6.76. The van der Waals surface area contributed by atoms with Gasteiger partial charge in [0.15, 0.2) is 0 Å². The lowest BCUT2D eigenvalue weighted by Gasteiger charge is -2.34. The van der Waals surface area contributed by atoms with E-state index < -0.39 is 10.0 Å². The summed E-state index contributed by atoms with van der Waals surface area (Å²) >= 11 is 0. The number of carbonyl (C=O) groups excluding carboxylic acids is 1. The number of hydrogen-bond acceptors (Lipinski definition) is 3. The van der Waals surface area contributed by atoms with Crippen LogP contribution in [0.15, 0.2) is 29.2 Å². The van der Waals surface area contributed by atoms with E-state index in [2.05, 4.69) is 5.32 Å². The molecule has 6 heteroatoms. The molecule has 1 aliphatic carbocycles. The van der Waals surface area contributed by atoms with Crippen LogP contribution >= 0.6 is 0 Å². The molecule has 110 valence electrons. The van der Waals surface area contributed by atoms with Gasteiger partial charge in [0.2, 0.25) is 10.0 Å². The zero-order valence-electron chi connectivity index (χ0n) is 11.6. The highest BCUT2D eigenvalue weighted by Crippen LogP contribution is 2.27. The highest BCUT2D eigenvalue weighted by atomic mass is 32.2. The molecule has 0 saturated heterocycles. The number of nitrogens with one attached hydrogen (secondary N) is 1. The minimum atomic E-state index is -3.79. The molecule has 0 radical (unpaired) electrons. The summed E-state index contributed by atoms with van der Waals surface area (Å²) in [6, 6.07) is 5.82. The van der Waals surface area contributed by atoms with Crippen molar-refractivity contribution in [1.82, 2.24) is 5.32 Å². The molecule has 1 aromatic rings. The number of primary sulfonamides is 1. The molecular formula is C14H20N2O3S. The van der Waals surface area contributed by atoms with E-state index in [-0.39, 0.29) is 16.3 Å². The Morgan fingerprint density at radius 1 is 1.25 bits per heavy atom. The van der Waals surface area contributed by atoms with Gasteiger partial charge in [-0.2, -0.15) is 0 Å². The van der Waals surface area contributed by atoms with Crippen LogP contribution in [0.2, 0.25) is 0 Å². The Bertz CT molecular complexity index is 605. The fourth-order valence-electron chi connectivity index (χ4n) is 2.62. The minimum absolute atomic E-state index is 0.0426. The molecule has 0 atom stereocenters. The third-order valence-corrected chi connectivity index (χ3v) is 4.71. The molecule has 20 heavy (non-hydrogen) atoms. The molecule has 1 aliphatic rings. The molecule has 1 aromatic carbocycles. The second-order valence-corrected chi connectivity index (χ2v) is 7.21. The first-order valence-corrected chi connectivity index (χ1v) is 8.30. The van der Waals surface area contributed by atoms with Gasteiger partial charge in [0.1, 0.15) is 0 Å². The Hall–Kier alpha value is -1.40. The third kappa shape index (κ3) is 3.58. The molecule has 0 spiro atoms. The summed E-state index contributed by atoms with van der Waals surface area (Å²) in [6.07, 6.45) is 5.32. The van der Waals surface area contributed by atoms with Crippen LogP contribution in [-0.2, 0) is 10.0 Å². The second-order valence-electron chi connectivity index (χ2n) is 5.65. The molecular weight excluding hydrogens is 276 g/mol. The van der Waals surface area contributed by atoms with Crippen molar-refractivity contribution in [3.05, 3.63) is 29.8 Å². The molecule has 3 N–H and O–H groups in total. The Balaban J connectivity index is 2.17. The highest BCUT2D eigenvalue weighted by Gasteiger charge is 2.28. The average molecular weight is 296 g/mol. The fraction of sp³-hybridized carbons (Fsp3) is 0.500. The van der Waals surface area contributed by atoms with Crippen LogP contribution in [0.1, 0.15) is 49.4 Å². The van der Waals surface area contributed by atoms with Crippen LogP contribution in [0.25, 0.3) is 0 Å². The normalized spacial score (nSPS) is 18.5. The van der Waals surface area contributed by atoms with Crippen LogP contribution in [-0.4, -0.2) is 19.9 Å². The first-order chi connectivity index (χ1) is 9.30. The maximum atomic E-state index is 12.3. The van der Waals surface area contributed by atoms with Crippen LogP contribution < -0.4 is 10.5 Å². The number of benzene rings is 1. The maximum Gasteiger partial charge on any atom is 0.251 e. The molecule has 1 fully saturated rings. The SMILES string of the molecule is CC1(NC(=O)c2cccc(S(N)(=O)=O)c2)CCCCC1. The van der Waals surface area contributed by atoms with Gasteiger partial charge < -0.3 is 5.32 Å². The van der Waals surface area contributed by atoms with Gasteiger partial charge in [0, 0.05) is 11.1 Å². The van der Waals surface area contributed by atoms with Gasteiger partial charge in [0.25, 0.3) is 5.91 Å². The molecule has 5 nitrogen and oxygen atoms in total. The van der Waals surface area contributed by atoms with Crippen LogP contribution in [0.5, 0.6) is 0 Å². The Morgan fingerprint density at radius 3 is 2.50 bits per heavy atom. The Kier molecular flexibility index (Phi) is 4.15. The second kappa shape index (κ2) is 5.54. The number of sulfonamides is 1. The average Bonchev–Trinajstić information content (AvgIpc) is 2.38. The van der Waals surface area contributed by atoms with E-state index in [1.165, 1.54) is 24.6 Å². The van der Waals surface area contributed by atoms with E-state index in [0.29, 0.717) is 5.56 Å². The molecule has 2 rings (SSSR count). The zero-order valence-corrected chi connectivity index (χ0v) is 12.4. The van der Waals surface area contributed by atoms with Gasteiger partial charge in [-0.3, -0.25) is 4.79 Å². The van der Waals surface area contributed by atoms with Crippen LogP contribution in [0.4, 0.5) is 0 Å². The summed E-state index contributed by atoms with van der Waals surface area (Å²) in [6.45, 7) is 2.04. The Labute approximate surface area is 119 Å². The summed E-state index contributed by atoms with van der Waals surface area (Å²) < 4.78 is 22.6. The van der Waals surface area contributed by atoms with Gasteiger partial charge >= 0.3 is 0 Å². The molecule has 0 unspecified atom stereocenters. The van der Waals surface area contributed by atoms with Crippen molar-refractivity contribution < 1.29 is 13.2 Å². The summed E-state index contributed by atoms with van der Waals surface area (Å²) in [5.74, 6) is -0.250. The highest BCUT2D eigenvalue weighted by molar-refractivity contribution is 7.89. The summed E-state index contributed by atoms with van der Waals surface area (Å²) in [7, 11) is -3.79. The van der Waals surface area contributed by atoms with E-state index in [4.69, 9.17) is 5.14 Å². The number of nitrogens with two attached hydrogens (primary N) is 1. The van der Waals surface area contributed by atoms with E-state index in [9.17, 15) is 13.2 Å². The third-order valence-electron chi connectivity index (χ3n) is 3.80. The number of rotatable bonds is 3. The van der Waals surface area contributed by atoms with Gasteiger partial charge in [0.05, 0.1) is 4.90 Å². The lowest BCUT2D eigenvalue weighted by atomic mass is 9.83. The Morgan fingerprint density at radius 2 is 1.90 bits per heavy atom. The lowest BCUT2D eigenvalue weighted by Crippen LogP contribution is -2.47. The van der Waals surface area contributed by atoms with Crippen molar-refractivity contribution in [1.29, 1.82) is 0 Å². The molecule has 1 amide bonds. The van der Waals surface area contributed by atoms with E-state index >= 15 is 0 Å². The molecule has 0 bridgehead atoms. The fourth-order valence-corrected chi connectivity index (χ4v) is 3.18. The molecule has 0 aromatic heterocycles.